The van der Waals surface area contributed by atoms with Crippen LogP contribution in [0.5, 0.6) is 5.75 Å². The van der Waals surface area contributed by atoms with Crippen LogP contribution in [0.15, 0.2) is 89.3 Å². The van der Waals surface area contributed by atoms with Crippen LogP contribution in [0.3, 0.4) is 0 Å². The number of benzene rings is 3. The largest absolute Gasteiger partial charge is 0.440 e. The fraction of sp³-hybridized carbons (Fsp3) is 0.290. The Morgan fingerprint density at radius 1 is 0.865 bits per heavy atom. The number of rotatable bonds is 8. The fourth-order valence-corrected chi connectivity index (χ4v) is 5.21. The molecule has 6 heteroatoms. The van der Waals surface area contributed by atoms with Crippen molar-refractivity contribution in [2.75, 3.05) is 0 Å². The zero-order chi connectivity index (χ0) is 24.7. The summed E-state index contributed by atoms with van der Waals surface area (Å²) in [5.74, 6) is 2.72. The molecule has 2 unspecified atom stereocenters. The summed E-state index contributed by atoms with van der Waals surface area (Å²) in [6.07, 6.45) is 6.58. The Morgan fingerprint density at radius 2 is 1.51 bits per heavy atom. The molecule has 4 aromatic rings. The van der Waals surface area contributed by atoms with Crippen molar-refractivity contribution in [1.82, 2.24) is 4.98 Å². The van der Waals surface area contributed by atoms with Crippen molar-refractivity contribution >= 4 is 35.5 Å². The van der Waals surface area contributed by atoms with Crippen LogP contribution in [-0.4, -0.2) is 40.5 Å². The van der Waals surface area contributed by atoms with E-state index >= 15 is 0 Å². The first-order valence-corrected chi connectivity index (χ1v) is 12.7. The smallest absolute Gasteiger partial charge is 0.352 e. The molecule has 185 valence electrons. The number of carbonyl (C=O) groups excluding carboxylic acids is 1. The topological polar surface area (TPSA) is 61.6 Å². The van der Waals surface area contributed by atoms with E-state index < -0.39 is 5.97 Å². The Labute approximate surface area is 240 Å². The van der Waals surface area contributed by atoms with E-state index in [2.05, 4.69) is 30.3 Å². The van der Waals surface area contributed by atoms with E-state index in [4.69, 9.17) is 19.2 Å². The van der Waals surface area contributed by atoms with Crippen molar-refractivity contribution in [3.8, 4) is 28.3 Å². The van der Waals surface area contributed by atoms with E-state index in [-0.39, 0.29) is 29.6 Å². The average molecular weight is 505 g/mol. The van der Waals surface area contributed by atoms with Gasteiger partial charge in [0.25, 0.3) is 0 Å². The second-order valence-electron chi connectivity index (χ2n) is 9.54. The van der Waals surface area contributed by atoms with Gasteiger partial charge >= 0.3 is 5.97 Å². The fourth-order valence-electron chi connectivity index (χ4n) is 5.21. The number of hydrogen-bond donors (Lipinski definition) is 0. The van der Waals surface area contributed by atoms with Crippen molar-refractivity contribution in [2.24, 2.45) is 11.8 Å². The molecular weight excluding hydrogens is 473 g/mol. The minimum absolute atomic E-state index is 0. The van der Waals surface area contributed by atoms with E-state index in [0.717, 1.165) is 47.7 Å². The Hall–Kier alpha value is -2.86. The molecule has 1 aliphatic rings. The van der Waals surface area contributed by atoms with Crippen LogP contribution in [0.2, 0.25) is 0 Å². The molecule has 0 aliphatic heterocycles. The van der Waals surface area contributed by atoms with E-state index in [1.54, 1.807) is 6.07 Å². The van der Waals surface area contributed by atoms with Crippen molar-refractivity contribution < 1.29 is 19.0 Å². The zero-order valence-corrected chi connectivity index (χ0v) is 23.6. The van der Waals surface area contributed by atoms with Gasteiger partial charge in [-0.1, -0.05) is 85.6 Å². The summed E-state index contributed by atoms with van der Waals surface area (Å²) in [4.78, 5) is 25.9. The van der Waals surface area contributed by atoms with E-state index in [1.807, 2.05) is 48.5 Å². The van der Waals surface area contributed by atoms with E-state index in [0.29, 0.717) is 17.6 Å². The van der Waals surface area contributed by atoms with Crippen LogP contribution >= 0.6 is 0 Å². The van der Waals surface area contributed by atoms with Gasteiger partial charge in [-0.05, 0) is 48.8 Å². The minimum atomic E-state index is -0.469. The predicted octanol–water partition coefficient (Wildman–Crippen LogP) is 7.08. The molecule has 0 amide bonds. The molecule has 1 radical (unpaired) electrons. The maximum Gasteiger partial charge on any atom is 0.352 e. The monoisotopic (exact) mass is 504 g/mol. The van der Waals surface area contributed by atoms with Crippen molar-refractivity contribution in [1.29, 1.82) is 0 Å². The third kappa shape index (κ3) is 7.13. The minimum Gasteiger partial charge on any atom is -0.440 e. The van der Waals surface area contributed by atoms with Gasteiger partial charge in [-0.15, -0.1) is 0 Å². The first-order valence-electron chi connectivity index (χ1n) is 12.7. The van der Waals surface area contributed by atoms with Gasteiger partial charge in [0.2, 0.25) is 0 Å². The molecule has 1 heterocycles. The van der Waals surface area contributed by atoms with Crippen LogP contribution in [0.1, 0.15) is 44.1 Å². The van der Waals surface area contributed by atoms with Gasteiger partial charge in [-0.3, -0.25) is 9.78 Å². The maximum atomic E-state index is 11.1. The summed E-state index contributed by atoms with van der Waals surface area (Å²) >= 11 is 0. The molecule has 5 nitrogen and oxygen atoms in total. The quantitative estimate of drug-likeness (QED) is 0.146. The molecule has 0 bridgehead atoms. The summed E-state index contributed by atoms with van der Waals surface area (Å²) in [5.41, 5.74) is 4.19. The van der Waals surface area contributed by atoms with Crippen LogP contribution in [0.4, 0.5) is 0 Å². The van der Waals surface area contributed by atoms with Gasteiger partial charge in [0.05, 0.1) is 0 Å². The summed E-state index contributed by atoms with van der Waals surface area (Å²) in [7, 11) is 0. The van der Waals surface area contributed by atoms with Crippen molar-refractivity contribution in [3.05, 3.63) is 96.4 Å². The van der Waals surface area contributed by atoms with Gasteiger partial charge in [0.1, 0.15) is 5.69 Å². The Morgan fingerprint density at radius 3 is 2.19 bits per heavy atom. The standard InChI is InChI=1S/C31H31NO4.Na/c1-22(33)35-36-28-18-10-11-23(20-28)19-26-16-8-9-17-27(26)21-29-32-30(24-12-4-2-5-13-24)31(34-29)25-14-6-3-7-15-25;/h2-7,10-15,18,20,26-27H,8-9,16-17,19,21H2,1H3;. The number of oxazole rings is 1. The first-order chi connectivity index (χ1) is 17.7. The van der Waals surface area contributed by atoms with Crippen LogP contribution in [-0.2, 0) is 22.5 Å². The maximum absolute atomic E-state index is 11.1. The first kappa shape index (κ1) is 27.2. The molecule has 37 heavy (non-hydrogen) atoms. The Kier molecular flexibility index (Phi) is 9.62. The molecule has 1 aliphatic carbocycles. The molecule has 1 saturated carbocycles. The zero-order valence-electron chi connectivity index (χ0n) is 21.6. The number of aromatic nitrogens is 1. The second-order valence-corrected chi connectivity index (χ2v) is 9.54. The molecule has 0 spiro atoms. The van der Waals surface area contributed by atoms with Gasteiger partial charge in [0.15, 0.2) is 17.4 Å². The molecular formula is C31H31NNaO4. The summed E-state index contributed by atoms with van der Waals surface area (Å²) in [6.45, 7) is 1.32. The third-order valence-corrected chi connectivity index (χ3v) is 6.91. The van der Waals surface area contributed by atoms with Gasteiger partial charge in [-0.2, -0.15) is 0 Å². The molecule has 5 rings (SSSR count). The van der Waals surface area contributed by atoms with Gasteiger partial charge < -0.3 is 4.42 Å². The van der Waals surface area contributed by atoms with Crippen LogP contribution in [0, 0.1) is 11.8 Å². The molecule has 0 N–H and O–H groups in total. The molecule has 1 fully saturated rings. The molecule has 3 aromatic carbocycles. The van der Waals surface area contributed by atoms with Crippen LogP contribution in [0.25, 0.3) is 22.6 Å². The summed E-state index contributed by atoms with van der Waals surface area (Å²) in [5, 5.41) is 0. The van der Waals surface area contributed by atoms with Gasteiger partial charge in [-0.25, -0.2) is 9.78 Å². The molecule has 2 atom stereocenters. The molecule has 0 saturated heterocycles. The Balaban J connectivity index is 0.00000320. The normalized spacial score (nSPS) is 17.0. The number of carbonyl (C=O) groups is 1. The van der Waals surface area contributed by atoms with Crippen molar-refractivity contribution in [3.63, 3.8) is 0 Å². The van der Waals surface area contributed by atoms with E-state index in [9.17, 15) is 4.79 Å². The predicted molar refractivity (Wildman–Crippen MR) is 145 cm³/mol. The average Bonchev–Trinajstić information content (AvgIpc) is 3.34. The Bertz CT molecular complexity index is 1230. The SMILES string of the molecule is CC(=O)OOc1cccc(CC2CCCCC2Cc2nc(-c3ccccc3)c(-c3ccccc3)o2)c1.[Na]. The third-order valence-electron chi connectivity index (χ3n) is 6.91. The van der Waals surface area contributed by atoms with Crippen LogP contribution < -0.4 is 4.89 Å². The van der Waals surface area contributed by atoms with Gasteiger partial charge in [0, 0.05) is 54.0 Å². The molecule has 1 aromatic heterocycles. The number of hydrogen-bond acceptors (Lipinski definition) is 5. The summed E-state index contributed by atoms with van der Waals surface area (Å²) < 4.78 is 6.45. The number of nitrogens with zero attached hydrogens (tertiary/aromatic N) is 1. The summed E-state index contributed by atoms with van der Waals surface area (Å²) in [6, 6.07) is 28.3. The van der Waals surface area contributed by atoms with Crippen molar-refractivity contribution in [2.45, 2.75) is 45.4 Å². The second kappa shape index (κ2) is 13.1. The van der Waals surface area contributed by atoms with E-state index in [1.165, 1.54) is 31.7 Å².